The molecule has 0 unspecified atom stereocenters. The van der Waals surface area contributed by atoms with Gasteiger partial charge in [-0.15, -0.1) is 11.3 Å². The van der Waals surface area contributed by atoms with E-state index in [0.717, 1.165) is 17.7 Å². The molecule has 86 valence electrons. The van der Waals surface area contributed by atoms with Crippen molar-refractivity contribution in [3.05, 3.63) is 58.0 Å². The van der Waals surface area contributed by atoms with Gasteiger partial charge in [-0.05, 0) is 29.1 Å². The average molecular weight is 246 g/mol. The molecular formula is C13H11FN2S. The molecule has 0 radical (unpaired) electrons. The lowest BCUT2D eigenvalue weighted by atomic mass is 10.0. The topological polar surface area (TPSA) is 24.4 Å². The quantitative estimate of drug-likeness (QED) is 0.863. The molecule has 0 saturated heterocycles. The summed E-state index contributed by atoms with van der Waals surface area (Å²) < 4.78 is 12.8. The van der Waals surface area contributed by atoms with Crippen LogP contribution in [0.3, 0.4) is 0 Å². The van der Waals surface area contributed by atoms with Crippen molar-refractivity contribution in [1.29, 1.82) is 0 Å². The summed E-state index contributed by atoms with van der Waals surface area (Å²) in [6, 6.07) is 10.8. The molecule has 0 bridgehead atoms. The molecule has 0 saturated carbocycles. The Morgan fingerprint density at radius 2 is 2.06 bits per heavy atom. The van der Waals surface area contributed by atoms with Gasteiger partial charge in [0.25, 0.3) is 0 Å². The van der Waals surface area contributed by atoms with Crippen LogP contribution in [0.4, 0.5) is 4.39 Å². The Kier molecular flexibility index (Phi) is 2.65. The highest BCUT2D eigenvalue weighted by atomic mass is 32.1. The third kappa shape index (κ3) is 2.08. The first kappa shape index (κ1) is 10.5. The minimum Gasteiger partial charge on any atom is -0.302 e. The van der Waals surface area contributed by atoms with Crippen LogP contribution in [-0.4, -0.2) is 5.71 Å². The number of nitrogens with one attached hydrogen (secondary N) is 1. The van der Waals surface area contributed by atoms with Gasteiger partial charge in [0.05, 0.1) is 16.6 Å². The molecule has 1 aliphatic rings. The molecule has 2 nitrogen and oxygen atoms in total. The van der Waals surface area contributed by atoms with E-state index in [4.69, 9.17) is 0 Å². The van der Waals surface area contributed by atoms with Gasteiger partial charge < -0.3 is 5.43 Å². The third-order valence-corrected chi connectivity index (χ3v) is 3.75. The van der Waals surface area contributed by atoms with Crippen molar-refractivity contribution < 1.29 is 4.39 Å². The fourth-order valence-corrected chi connectivity index (χ4v) is 2.65. The van der Waals surface area contributed by atoms with Gasteiger partial charge in [0.15, 0.2) is 0 Å². The van der Waals surface area contributed by atoms with Gasteiger partial charge in [0.1, 0.15) is 5.82 Å². The second-order valence-corrected chi connectivity index (χ2v) is 4.92. The van der Waals surface area contributed by atoms with E-state index in [-0.39, 0.29) is 11.9 Å². The van der Waals surface area contributed by atoms with Gasteiger partial charge in [-0.3, -0.25) is 0 Å². The van der Waals surface area contributed by atoms with Gasteiger partial charge in [-0.2, -0.15) is 5.10 Å². The first-order chi connectivity index (χ1) is 8.33. The Balaban J connectivity index is 1.76. The summed E-state index contributed by atoms with van der Waals surface area (Å²) in [5.41, 5.74) is 5.25. The summed E-state index contributed by atoms with van der Waals surface area (Å²) in [6.45, 7) is 0. The van der Waals surface area contributed by atoms with Crippen LogP contribution in [0.5, 0.6) is 0 Å². The van der Waals surface area contributed by atoms with Gasteiger partial charge in [-0.25, -0.2) is 4.39 Å². The third-order valence-electron chi connectivity index (χ3n) is 2.83. The fraction of sp³-hybridized carbons (Fsp3) is 0.154. The van der Waals surface area contributed by atoms with Crippen molar-refractivity contribution in [2.45, 2.75) is 12.5 Å². The number of hydrogen-bond acceptors (Lipinski definition) is 3. The molecule has 1 aromatic carbocycles. The van der Waals surface area contributed by atoms with Crippen molar-refractivity contribution >= 4 is 17.0 Å². The second kappa shape index (κ2) is 4.30. The maximum absolute atomic E-state index is 12.8. The highest BCUT2D eigenvalue weighted by molar-refractivity contribution is 7.12. The molecule has 2 aromatic rings. The Bertz CT molecular complexity index is 531. The lowest BCUT2D eigenvalue weighted by Crippen LogP contribution is -2.09. The summed E-state index contributed by atoms with van der Waals surface area (Å²) in [6.07, 6.45) is 0.853. The van der Waals surface area contributed by atoms with Gasteiger partial charge in [0.2, 0.25) is 0 Å². The molecule has 2 heterocycles. The lowest BCUT2D eigenvalue weighted by molar-refractivity contribution is 0.607. The fourth-order valence-electron chi connectivity index (χ4n) is 1.93. The SMILES string of the molecule is Fc1ccc([C@@H]2CC(c3cccs3)=NN2)cc1. The van der Waals surface area contributed by atoms with Gasteiger partial charge in [-0.1, -0.05) is 18.2 Å². The first-order valence-electron chi connectivity index (χ1n) is 5.44. The molecule has 0 amide bonds. The van der Waals surface area contributed by atoms with Crippen molar-refractivity contribution in [2.24, 2.45) is 5.10 Å². The Labute approximate surface area is 103 Å². The van der Waals surface area contributed by atoms with E-state index in [0.29, 0.717) is 0 Å². The number of thiophene rings is 1. The number of nitrogens with zero attached hydrogens (tertiary/aromatic N) is 1. The van der Waals surface area contributed by atoms with Crippen LogP contribution >= 0.6 is 11.3 Å². The lowest BCUT2D eigenvalue weighted by Gasteiger charge is -2.09. The molecule has 1 N–H and O–H groups in total. The van der Waals surface area contributed by atoms with E-state index >= 15 is 0 Å². The molecule has 0 spiro atoms. The number of benzene rings is 1. The highest BCUT2D eigenvalue weighted by Gasteiger charge is 2.21. The van der Waals surface area contributed by atoms with Crippen molar-refractivity contribution in [1.82, 2.24) is 5.43 Å². The number of hydrogen-bond donors (Lipinski definition) is 1. The van der Waals surface area contributed by atoms with E-state index in [1.807, 2.05) is 11.4 Å². The monoisotopic (exact) mass is 246 g/mol. The Morgan fingerprint density at radius 1 is 1.24 bits per heavy atom. The van der Waals surface area contributed by atoms with Crippen LogP contribution in [0, 0.1) is 5.82 Å². The van der Waals surface area contributed by atoms with Crippen LogP contribution < -0.4 is 5.43 Å². The minimum absolute atomic E-state index is 0.160. The molecule has 1 aliphatic heterocycles. The highest BCUT2D eigenvalue weighted by Crippen LogP contribution is 2.26. The number of rotatable bonds is 2. The van der Waals surface area contributed by atoms with E-state index < -0.39 is 0 Å². The van der Waals surface area contributed by atoms with Crippen molar-refractivity contribution in [3.8, 4) is 0 Å². The zero-order chi connectivity index (χ0) is 11.7. The van der Waals surface area contributed by atoms with Crippen LogP contribution in [-0.2, 0) is 0 Å². The molecule has 17 heavy (non-hydrogen) atoms. The van der Waals surface area contributed by atoms with E-state index in [2.05, 4.69) is 16.6 Å². The summed E-state index contributed by atoms with van der Waals surface area (Å²) in [5.74, 6) is -0.203. The predicted molar refractivity (Wildman–Crippen MR) is 67.7 cm³/mol. The number of hydrazone groups is 1. The zero-order valence-electron chi connectivity index (χ0n) is 9.06. The van der Waals surface area contributed by atoms with E-state index in [1.165, 1.54) is 17.0 Å². The smallest absolute Gasteiger partial charge is 0.123 e. The zero-order valence-corrected chi connectivity index (χ0v) is 9.88. The van der Waals surface area contributed by atoms with E-state index in [1.54, 1.807) is 23.5 Å². The summed E-state index contributed by atoms with van der Waals surface area (Å²) in [7, 11) is 0. The van der Waals surface area contributed by atoms with Crippen molar-refractivity contribution in [3.63, 3.8) is 0 Å². The summed E-state index contributed by atoms with van der Waals surface area (Å²) in [5, 5.41) is 6.39. The maximum Gasteiger partial charge on any atom is 0.123 e. The molecule has 0 aliphatic carbocycles. The van der Waals surface area contributed by atoms with Crippen LogP contribution in [0.1, 0.15) is 22.9 Å². The normalized spacial score (nSPS) is 18.9. The summed E-state index contributed by atoms with van der Waals surface area (Å²) >= 11 is 1.69. The molecule has 1 atom stereocenters. The van der Waals surface area contributed by atoms with Crippen molar-refractivity contribution in [2.75, 3.05) is 0 Å². The molecular weight excluding hydrogens is 235 g/mol. The van der Waals surface area contributed by atoms with E-state index in [9.17, 15) is 4.39 Å². The standard InChI is InChI=1S/C13H11FN2S/c14-10-5-3-9(4-6-10)11-8-12(16-15-11)13-2-1-7-17-13/h1-7,11,15H,8H2/t11-/m0/s1. The Hall–Kier alpha value is -1.68. The van der Waals surface area contributed by atoms with Crippen LogP contribution in [0.2, 0.25) is 0 Å². The molecule has 1 aromatic heterocycles. The Morgan fingerprint density at radius 3 is 2.76 bits per heavy atom. The average Bonchev–Trinajstić information content (AvgIpc) is 3.00. The summed E-state index contributed by atoms with van der Waals surface area (Å²) in [4.78, 5) is 1.20. The first-order valence-corrected chi connectivity index (χ1v) is 6.32. The minimum atomic E-state index is -0.203. The van der Waals surface area contributed by atoms with Crippen LogP contribution in [0.25, 0.3) is 0 Å². The molecule has 3 rings (SSSR count). The number of halogens is 1. The largest absolute Gasteiger partial charge is 0.302 e. The molecule has 4 heteroatoms. The maximum atomic E-state index is 12.8. The van der Waals surface area contributed by atoms with Gasteiger partial charge in [0, 0.05) is 6.42 Å². The van der Waals surface area contributed by atoms with Crippen LogP contribution in [0.15, 0.2) is 46.9 Å². The molecule has 0 fully saturated rings. The van der Waals surface area contributed by atoms with Gasteiger partial charge >= 0.3 is 0 Å². The predicted octanol–water partition coefficient (Wildman–Crippen LogP) is 3.33. The second-order valence-electron chi connectivity index (χ2n) is 3.97.